The minimum Gasteiger partial charge on any atom is -0.507 e. The first-order chi connectivity index (χ1) is 7.66. The number of nitrogens with zero attached hydrogens (tertiary/aromatic N) is 3. The second-order valence-electron chi connectivity index (χ2n) is 2.78. The van der Waals surface area contributed by atoms with Crippen LogP contribution in [0.5, 0.6) is 5.75 Å². The van der Waals surface area contributed by atoms with E-state index in [1.165, 1.54) is 6.07 Å². The zero-order valence-electron chi connectivity index (χ0n) is 7.72. The van der Waals surface area contributed by atoms with Gasteiger partial charge in [0.05, 0.1) is 5.56 Å². The molecule has 82 valence electrons. The molecule has 8 heteroatoms. The summed E-state index contributed by atoms with van der Waals surface area (Å²) in [6.45, 7) is 0. The SMILES string of the molecule is O=C(Nc1nnns1)c1cc(I)ccc1O. The summed E-state index contributed by atoms with van der Waals surface area (Å²) >= 11 is 3.02. The highest BCUT2D eigenvalue weighted by Gasteiger charge is 2.13. The van der Waals surface area contributed by atoms with Gasteiger partial charge in [-0.25, -0.2) is 0 Å². The van der Waals surface area contributed by atoms with Gasteiger partial charge < -0.3 is 5.11 Å². The molecule has 0 saturated carbocycles. The molecule has 0 spiro atoms. The Bertz CT molecular complexity index is 517. The predicted molar refractivity (Wildman–Crippen MR) is 66.5 cm³/mol. The number of halogens is 1. The van der Waals surface area contributed by atoms with Crippen LogP contribution in [0, 0.1) is 3.57 Å². The molecule has 0 aliphatic heterocycles. The molecule has 6 nitrogen and oxygen atoms in total. The van der Waals surface area contributed by atoms with Gasteiger partial charge in [-0.1, -0.05) is 9.59 Å². The van der Waals surface area contributed by atoms with Crippen molar-refractivity contribution in [3.8, 4) is 5.75 Å². The van der Waals surface area contributed by atoms with Gasteiger partial charge in [0.25, 0.3) is 5.91 Å². The van der Waals surface area contributed by atoms with Crippen LogP contribution in [-0.4, -0.2) is 25.8 Å². The first kappa shape index (κ1) is 11.2. The average molecular weight is 348 g/mol. The Morgan fingerprint density at radius 1 is 1.50 bits per heavy atom. The summed E-state index contributed by atoms with van der Waals surface area (Å²) in [4.78, 5) is 11.7. The summed E-state index contributed by atoms with van der Waals surface area (Å²) in [5, 5.41) is 19.2. The highest BCUT2D eigenvalue weighted by atomic mass is 127. The Labute approximate surface area is 108 Å². The summed E-state index contributed by atoms with van der Waals surface area (Å²) < 4.78 is 4.37. The van der Waals surface area contributed by atoms with Crippen molar-refractivity contribution in [3.05, 3.63) is 27.3 Å². The van der Waals surface area contributed by atoms with Gasteiger partial charge in [-0.2, -0.15) is 0 Å². The predicted octanol–water partition coefficient (Wildman–Crippen LogP) is 1.50. The molecule has 1 aromatic carbocycles. The lowest BCUT2D eigenvalue weighted by Crippen LogP contribution is -2.12. The van der Waals surface area contributed by atoms with Crippen LogP contribution in [0.3, 0.4) is 0 Å². The number of aromatic hydroxyl groups is 1. The lowest BCUT2D eigenvalue weighted by Gasteiger charge is -2.03. The van der Waals surface area contributed by atoms with E-state index in [2.05, 4.69) is 42.7 Å². The van der Waals surface area contributed by atoms with Crippen LogP contribution in [0.25, 0.3) is 0 Å². The third-order valence-corrected chi connectivity index (χ3v) is 2.91. The molecule has 0 aliphatic rings. The molecule has 0 aliphatic carbocycles. The molecule has 1 aromatic heterocycles. The van der Waals surface area contributed by atoms with Crippen molar-refractivity contribution in [2.24, 2.45) is 0 Å². The van der Waals surface area contributed by atoms with Gasteiger partial charge in [0, 0.05) is 15.1 Å². The zero-order valence-corrected chi connectivity index (χ0v) is 10.7. The number of phenolic OH excluding ortho intramolecular Hbond substituents is 1. The molecular weight excluding hydrogens is 343 g/mol. The van der Waals surface area contributed by atoms with E-state index in [0.717, 1.165) is 15.1 Å². The first-order valence-electron chi connectivity index (χ1n) is 4.12. The van der Waals surface area contributed by atoms with Gasteiger partial charge in [-0.3, -0.25) is 10.1 Å². The number of benzene rings is 1. The number of anilines is 1. The van der Waals surface area contributed by atoms with Crippen LogP contribution in [-0.2, 0) is 0 Å². The Morgan fingerprint density at radius 3 is 3.00 bits per heavy atom. The Hall–Kier alpha value is -1.29. The van der Waals surface area contributed by atoms with Crippen molar-refractivity contribution >= 4 is 45.2 Å². The molecule has 0 atom stereocenters. The lowest BCUT2D eigenvalue weighted by atomic mass is 10.2. The maximum Gasteiger partial charge on any atom is 0.261 e. The largest absolute Gasteiger partial charge is 0.507 e. The van der Waals surface area contributed by atoms with E-state index in [1.807, 2.05) is 0 Å². The van der Waals surface area contributed by atoms with E-state index >= 15 is 0 Å². The van der Waals surface area contributed by atoms with Crippen LogP contribution in [0.2, 0.25) is 0 Å². The smallest absolute Gasteiger partial charge is 0.261 e. The van der Waals surface area contributed by atoms with Crippen molar-refractivity contribution in [1.29, 1.82) is 0 Å². The number of nitrogens with one attached hydrogen (secondary N) is 1. The quantitative estimate of drug-likeness (QED) is 0.803. The number of phenols is 1. The fourth-order valence-electron chi connectivity index (χ4n) is 1.04. The topological polar surface area (TPSA) is 88.0 Å². The van der Waals surface area contributed by atoms with Crippen molar-refractivity contribution in [1.82, 2.24) is 14.8 Å². The number of carbonyl (C=O) groups is 1. The lowest BCUT2D eigenvalue weighted by molar-refractivity contribution is 0.102. The molecule has 0 saturated heterocycles. The Balaban J connectivity index is 2.24. The van der Waals surface area contributed by atoms with Crippen LogP contribution < -0.4 is 5.32 Å². The van der Waals surface area contributed by atoms with Crippen LogP contribution >= 0.6 is 34.1 Å². The molecule has 2 aromatic rings. The molecule has 0 fully saturated rings. The maximum absolute atomic E-state index is 11.7. The van der Waals surface area contributed by atoms with Crippen molar-refractivity contribution in [2.45, 2.75) is 0 Å². The minimum atomic E-state index is -0.436. The van der Waals surface area contributed by atoms with Crippen LogP contribution in [0.4, 0.5) is 5.13 Å². The summed E-state index contributed by atoms with van der Waals surface area (Å²) in [5.74, 6) is -0.509. The molecule has 2 rings (SSSR count). The van der Waals surface area contributed by atoms with Gasteiger partial charge in [-0.15, -0.1) is 0 Å². The van der Waals surface area contributed by atoms with Gasteiger partial charge in [0.15, 0.2) is 0 Å². The molecule has 1 amide bonds. The highest BCUT2D eigenvalue weighted by Crippen LogP contribution is 2.20. The summed E-state index contributed by atoms with van der Waals surface area (Å²) in [6, 6.07) is 4.76. The molecule has 0 unspecified atom stereocenters. The van der Waals surface area contributed by atoms with Crippen LogP contribution in [0.15, 0.2) is 18.2 Å². The second-order valence-corrected chi connectivity index (χ2v) is 4.76. The summed E-state index contributed by atoms with van der Waals surface area (Å²) in [6.07, 6.45) is 0. The molecule has 0 radical (unpaired) electrons. The number of carbonyl (C=O) groups excluding carboxylic acids is 1. The van der Waals surface area contributed by atoms with E-state index in [1.54, 1.807) is 12.1 Å². The van der Waals surface area contributed by atoms with Crippen molar-refractivity contribution in [2.75, 3.05) is 5.32 Å². The number of amides is 1. The zero-order chi connectivity index (χ0) is 11.5. The monoisotopic (exact) mass is 348 g/mol. The highest BCUT2D eigenvalue weighted by molar-refractivity contribution is 14.1. The van der Waals surface area contributed by atoms with E-state index in [0.29, 0.717) is 5.13 Å². The normalized spacial score (nSPS) is 10.1. The van der Waals surface area contributed by atoms with Gasteiger partial charge in [-0.05, 0) is 46.0 Å². The van der Waals surface area contributed by atoms with E-state index < -0.39 is 5.91 Å². The van der Waals surface area contributed by atoms with E-state index in [-0.39, 0.29) is 11.3 Å². The van der Waals surface area contributed by atoms with Gasteiger partial charge in [0.1, 0.15) is 5.75 Å². The molecule has 1 heterocycles. The van der Waals surface area contributed by atoms with Crippen molar-refractivity contribution < 1.29 is 9.90 Å². The van der Waals surface area contributed by atoms with Crippen LogP contribution in [0.1, 0.15) is 10.4 Å². The average Bonchev–Trinajstić information content (AvgIpc) is 2.74. The molecular formula is C8H5IN4O2S. The molecule has 16 heavy (non-hydrogen) atoms. The minimum absolute atomic E-state index is 0.0737. The number of hydrogen-bond acceptors (Lipinski definition) is 6. The maximum atomic E-state index is 11.7. The van der Waals surface area contributed by atoms with E-state index in [4.69, 9.17) is 0 Å². The van der Waals surface area contributed by atoms with Crippen molar-refractivity contribution in [3.63, 3.8) is 0 Å². The third kappa shape index (κ3) is 2.44. The fraction of sp³-hybridized carbons (Fsp3) is 0. The number of rotatable bonds is 2. The van der Waals surface area contributed by atoms with Gasteiger partial charge >= 0.3 is 0 Å². The number of aromatic nitrogens is 3. The molecule has 2 N–H and O–H groups in total. The standard InChI is InChI=1S/C8H5IN4O2S/c9-4-1-2-6(14)5(3-4)7(15)10-8-11-12-13-16-8/h1-3,14H,(H,10,11,13,15). The summed E-state index contributed by atoms with van der Waals surface area (Å²) in [7, 11) is 0. The third-order valence-electron chi connectivity index (χ3n) is 1.72. The second kappa shape index (κ2) is 4.70. The first-order valence-corrected chi connectivity index (χ1v) is 5.97. The number of hydrogen-bond donors (Lipinski definition) is 2. The summed E-state index contributed by atoms with van der Waals surface area (Å²) in [5.41, 5.74) is 0.196. The Kier molecular flexibility index (Phi) is 3.29. The van der Waals surface area contributed by atoms with Gasteiger partial charge in [0.2, 0.25) is 5.13 Å². The fourth-order valence-corrected chi connectivity index (χ4v) is 1.89. The Morgan fingerprint density at radius 2 is 2.31 bits per heavy atom. The molecule has 0 bridgehead atoms. The van der Waals surface area contributed by atoms with E-state index in [9.17, 15) is 9.90 Å².